The molecule has 23 heavy (non-hydrogen) atoms. The summed E-state index contributed by atoms with van der Waals surface area (Å²) in [7, 11) is 0. The molecule has 0 radical (unpaired) electrons. The molecule has 2 heterocycles. The standard InChI is InChI=1S/C17H19N3O3/c1-12-11-19(10-7-13(12)17(22)23)16(21)14-5-2-3-6-15(14)20-9-4-8-18-20/h2-6,8-9,12-13H,7,10-11H2,1H3,(H,22,23). The van der Waals surface area contributed by atoms with E-state index in [1.54, 1.807) is 28.0 Å². The fourth-order valence-electron chi connectivity index (χ4n) is 3.13. The number of amides is 1. The summed E-state index contributed by atoms with van der Waals surface area (Å²) >= 11 is 0. The molecule has 1 aromatic carbocycles. The van der Waals surface area contributed by atoms with E-state index in [1.165, 1.54) is 0 Å². The Bertz CT molecular complexity index is 712. The van der Waals surface area contributed by atoms with E-state index in [0.717, 1.165) is 5.69 Å². The van der Waals surface area contributed by atoms with Crippen molar-refractivity contribution in [3.8, 4) is 5.69 Å². The molecule has 6 heteroatoms. The summed E-state index contributed by atoms with van der Waals surface area (Å²) in [6, 6.07) is 9.14. The minimum absolute atomic E-state index is 0.0536. The first-order valence-electron chi connectivity index (χ1n) is 7.69. The zero-order valence-electron chi connectivity index (χ0n) is 12.9. The van der Waals surface area contributed by atoms with E-state index in [2.05, 4.69) is 5.10 Å². The van der Waals surface area contributed by atoms with E-state index >= 15 is 0 Å². The van der Waals surface area contributed by atoms with Gasteiger partial charge in [-0.05, 0) is 30.5 Å². The van der Waals surface area contributed by atoms with Crippen LogP contribution in [0.2, 0.25) is 0 Å². The van der Waals surface area contributed by atoms with Gasteiger partial charge in [0, 0.05) is 25.5 Å². The number of likely N-dealkylation sites (tertiary alicyclic amines) is 1. The summed E-state index contributed by atoms with van der Waals surface area (Å²) in [6.07, 6.45) is 3.96. The predicted molar refractivity (Wildman–Crippen MR) is 84.4 cm³/mol. The number of rotatable bonds is 3. The van der Waals surface area contributed by atoms with Gasteiger partial charge < -0.3 is 10.0 Å². The zero-order chi connectivity index (χ0) is 16.4. The van der Waals surface area contributed by atoms with Crippen molar-refractivity contribution < 1.29 is 14.7 Å². The molecular weight excluding hydrogens is 294 g/mol. The van der Waals surface area contributed by atoms with Gasteiger partial charge in [-0.3, -0.25) is 9.59 Å². The molecule has 2 atom stereocenters. The third-order valence-electron chi connectivity index (χ3n) is 4.40. The Morgan fingerprint density at radius 2 is 2.04 bits per heavy atom. The normalized spacial score (nSPS) is 21.2. The van der Waals surface area contributed by atoms with Gasteiger partial charge in [0.05, 0.1) is 17.2 Å². The Morgan fingerprint density at radius 1 is 1.26 bits per heavy atom. The molecule has 120 valence electrons. The molecule has 0 spiro atoms. The van der Waals surface area contributed by atoms with Gasteiger partial charge in [-0.15, -0.1) is 0 Å². The van der Waals surface area contributed by atoms with Crippen LogP contribution in [-0.2, 0) is 4.79 Å². The molecule has 1 aliphatic rings. The second-order valence-corrected chi connectivity index (χ2v) is 5.93. The number of carbonyl (C=O) groups is 2. The molecule has 1 fully saturated rings. The number of carbonyl (C=O) groups excluding carboxylic acids is 1. The maximum Gasteiger partial charge on any atom is 0.306 e. The molecule has 1 N–H and O–H groups in total. The molecule has 2 unspecified atom stereocenters. The van der Waals surface area contributed by atoms with Crippen LogP contribution in [0.3, 0.4) is 0 Å². The minimum Gasteiger partial charge on any atom is -0.481 e. The van der Waals surface area contributed by atoms with Crippen molar-refractivity contribution in [2.24, 2.45) is 11.8 Å². The Hall–Kier alpha value is -2.63. The van der Waals surface area contributed by atoms with Crippen LogP contribution in [-0.4, -0.2) is 44.8 Å². The van der Waals surface area contributed by atoms with Crippen LogP contribution in [0.1, 0.15) is 23.7 Å². The summed E-state index contributed by atoms with van der Waals surface area (Å²) in [5.41, 5.74) is 1.31. The van der Waals surface area contributed by atoms with Crippen molar-refractivity contribution in [2.45, 2.75) is 13.3 Å². The van der Waals surface area contributed by atoms with Crippen LogP contribution in [0.4, 0.5) is 0 Å². The van der Waals surface area contributed by atoms with Crippen LogP contribution in [0.15, 0.2) is 42.7 Å². The number of aromatic nitrogens is 2. The Labute approximate surface area is 134 Å². The van der Waals surface area contributed by atoms with E-state index in [1.807, 2.05) is 31.2 Å². The fraction of sp³-hybridized carbons (Fsp3) is 0.353. The number of benzene rings is 1. The Kier molecular flexibility index (Phi) is 4.14. The molecule has 2 aromatic rings. The summed E-state index contributed by atoms with van der Waals surface area (Å²) < 4.78 is 1.67. The summed E-state index contributed by atoms with van der Waals surface area (Å²) in [5, 5.41) is 13.4. The first-order valence-corrected chi connectivity index (χ1v) is 7.69. The Balaban J connectivity index is 1.84. The molecule has 1 saturated heterocycles. The lowest BCUT2D eigenvalue weighted by atomic mass is 9.87. The second-order valence-electron chi connectivity index (χ2n) is 5.93. The molecule has 0 saturated carbocycles. The van der Waals surface area contributed by atoms with E-state index < -0.39 is 5.97 Å². The monoisotopic (exact) mass is 313 g/mol. The molecular formula is C17H19N3O3. The largest absolute Gasteiger partial charge is 0.481 e. The average Bonchev–Trinajstić information content (AvgIpc) is 3.08. The molecule has 0 aliphatic carbocycles. The topological polar surface area (TPSA) is 75.4 Å². The van der Waals surface area contributed by atoms with Gasteiger partial charge in [-0.2, -0.15) is 5.10 Å². The highest BCUT2D eigenvalue weighted by Crippen LogP contribution is 2.26. The highest BCUT2D eigenvalue weighted by Gasteiger charge is 2.33. The van der Waals surface area contributed by atoms with Crippen LogP contribution in [0, 0.1) is 11.8 Å². The van der Waals surface area contributed by atoms with Gasteiger partial charge in [0.1, 0.15) is 0 Å². The molecule has 1 aromatic heterocycles. The third-order valence-corrected chi connectivity index (χ3v) is 4.40. The molecule has 0 bridgehead atoms. The van der Waals surface area contributed by atoms with Gasteiger partial charge in [0.25, 0.3) is 5.91 Å². The Morgan fingerprint density at radius 3 is 2.70 bits per heavy atom. The van der Waals surface area contributed by atoms with Crippen molar-refractivity contribution in [2.75, 3.05) is 13.1 Å². The first kappa shape index (κ1) is 15.3. The summed E-state index contributed by atoms with van der Waals surface area (Å²) in [6.45, 7) is 2.81. The first-order chi connectivity index (χ1) is 11.1. The molecule has 1 aliphatic heterocycles. The highest BCUT2D eigenvalue weighted by molar-refractivity contribution is 5.97. The fourth-order valence-corrected chi connectivity index (χ4v) is 3.13. The van der Waals surface area contributed by atoms with Gasteiger partial charge in [0.15, 0.2) is 0 Å². The van der Waals surface area contributed by atoms with Gasteiger partial charge in [-0.1, -0.05) is 19.1 Å². The quantitative estimate of drug-likeness (QED) is 0.941. The maximum atomic E-state index is 12.9. The second kappa shape index (κ2) is 6.24. The van der Waals surface area contributed by atoms with Gasteiger partial charge in [-0.25, -0.2) is 4.68 Å². The van der Waals surface area contributed by atoms with Crippen molar-refractivity contribution in [3.63, 3.8) is 0 Å². The minimum atomic E-state index is -0.776. The number of hydrogen-bond acceptors (Lipinski definition) is 3. The number of hydrogen-bond donors (Lipinski definition) is 1. The highest BCUT2D eigenvalue weighted by atomic mass is 16.4. The number of para-hydroxylation sites is 1. The smallest absolute Gasteiger partial charge is 0.306 e. The summed E-state index contributed by atoms with van der Waals surface area (Å²) in [4.78, 5) is 25.8. The number of carboxylic acid groups (broad SMARTS) is 1. The number of aliphatic carboxylic acids is 1. The number of carboxylic acids is 1. The van der Waals surface area contributed by atoms with Crippen LogP contribution in [0.5, 0.6) is 0 Å². The number of piperidine rings is 1. The third kappa shape index (κ3) is 2.97. The van der Waals surface area contributed by atoms with Gasteiger partial charge >= 0.3 is 5.97 Å². The van der Waals surface area contributed by atoms with Gasteiger partial charge in [0.2, 0.25) is 0 Å². The van der Waals surface area contributed by atoms with Crippen molar-refractivity contribution in [1.82, 2.24) is 14.7 Å². The average molecular weight is 313 g/mol. The molecule has 3 rings (SSSR count). The maximum absolute atomic E-state index is 12.9. The van der Waals surface area contributed by atoms with Crippen LogP contribution < -0.4 is 0 Å². The lowest BCUT2D eigenvalue weighted by Gasteiger charge is -2.35. The SMILES string of the molecule is CC1CN(C(=O)c2ccccc2-n2cccn2)CCC1C(=O)O. The van der Waals surface area contributed by atoms with Crippen LogP contribution >= 0.6 is 0 Å². The van der Waals surface area contributed by atoms with E-state index in [-0.39, 0.29) is 17.7 Å². The predicted octanol–water partition coefficient (Wildman–Crippen LogP) is 2.06. The zero-order valence-corrected chi connectivity index (χ0v) is 12.9. The van der Waals surface area contributed by atoms with Crippen molar-refractivity contribution >= 4 is 11.9 Å². The lowest BCUT2D eigenvalue weighted by Crippen LogP contribution is -2.45. The van der Waals surface area contributed by atoms with E-state index in [0.29, 0.717) is 25.1 Å². The lowest BCUT2D eigenvalue weighted by molar-refractivity contribution is -0.145. The van der Waals surface area contributed by atoms with E-state index in [4.69, 9.17) is 0 Å². The molecule has 6 nitrogen and oxygen atoms in total. The number of nitrogens with zero attached hydrogens (tertiary/aromatic N) is 3. The summed E-state index contributed by atoms with van der Waals surface area (Å²) in [5.74, 6) is -1.28. The molecule has 1 amide bonds. The van der Waals surface area contributed by atoms with Crippen molar-refractivity contribution in [3.05, 3.63) is 48.3 Å². The van der Waals surface area contributed by atoms with Crippen LogP contribution in [0.25, 0.3) is 5.69 Å². The van der Waals surface area contributed by atoms with E-state index in [9.17, 15) is 14.7 Å². The van der Waals surface area contributed by atoms with Crippen molar-refractivity contribution in [1.29, 1.82) is 0 Å².